The van der Waals surface area contributed by atoms with Crippen molar-refractivity contribution in [3.05, 3.63) is 41.5 Å². The summed E-state index contributed by atoms with van der Waals surface area (Å²) in [5.41, 5.74) is 7.03. The van der Waals surface area contributed by atoms with Crippen LogP contribution in [-0.2, 0) is 4.79 Å². The third kappa shape index (κ3) is 5.43. The molecule has 0 saturated heterocycles. The highest BCUT2D eigenvalue weighted by molar-refractivity contribution is 5.92. The molecule has 0 fully saturated rings. The number of nitrogens with one attached hydrogen (secondary N) is 1. The first-order chi connectivity index (χ1) is 11.1. The molecule has 0 bridgehead atoms. The molecule has 0 aliphatic heterocycles. The van der Waals surface area contributed by atoms with Gasteiger partial charge in [-0.2, -0.15) is 0 Å². The number of carbonyl (C=O) groups excluding carboxylic acids is 2. The van der Waals surface area contributed by atoms with Gasteiger partial charge in [-0.3, -0.25) is 9.59 Å². The summed E-state index contributed by atoms with van der Waals surface area (Å²) in [5.74, 6) is -0.0904. The first-order valence-electron chi connectivity index (χ1n) is 8.08. The summed E-state index contributed by atoms with van der Waals surface area (Å²) in [6.45, 7) is 2.34. The minimum absolute atomic E-state index is 0.139. The van der Waals surface area contributed by atoms with Gasteiger partial charge in [-0.1, -0.05) is 11.6 Å². The average molecular weight is 316 g/mol. The smallest absolute Gasteiger partial charge is 0.260 e. The van der Waals surface area contributed by atoms with Crippen molar-refractivity contribution in [3.63, 3.8) is 0 Å². The molecule has 0 radical (unpaired) electrons. The van der Waals surface area contributed by atoms with Gasteiger partial charge in [-0.15, -0.1) is 0 Å². The number of hydrogen-bond donors (Lipinski definition) is 2. The second-order valence-electron chi connectivity index (χ2n) is 5.80. The summed E-state index contributed by atoms with van der Waals surface area (Å²) in [6, 6.07) is 6.43. The third-order valence-electron chi connectivity index (χ3n) is 3.95. The number of hydrogen-bond acceptors (Lipinski definition) is 3. The zero-order valence-corrected chi connectivity index (χ0v) is 13.5. The molecule has 124 valence electrons. The molecule has 1 aromatic carbocycles. The van der Waals surface area contributed by atoms with Gasteiger partial charge >= 0.3 is 0 Å². The van der Waals surface area contributed by atoms with E-state index in [1.807, 2.05) is 0 Å². The molecule has 1 aromatic rings. The van der Waals surface area contributed by atoms with E-state index in [9.17, 15) is 9.59 Å². The molecule has 3 N–H and O–H groups in total. The van der Waals surface area contributed by atoms with Crippen molar-refractivity contribution in [2.45, 2.75) is 45.1 Å². The number of amides is 2. The zero-order valence-electron chi connectivity index (χ0n) is 13.5. The number of ether oxygens (including phenoxy) is 1. The maximum Gasteiger partial charge on any atom is 0.260 e. The van der Waals surface area contributed by atoms with E-state index >= 15 is 0 Å². The Hall–Kier alpha value is -2.30. The highest BCUT2D eigenvalue weighted by Crippen LogP contribution is 2.19. The topological polar surface area (TPSA) is 81.4 Å². The van der Waals surface area contributed by atoms with Crippen molar-refractivity contribution >= 4 is 11.8 Å². The van der Waals surface area contributed by atoms with E-state index in [1.54, 1.807) is 31.2 Å². The van der Waals surface area contributed by atoms with Gasteiger partial charge < -0.3 is 15.8 Å². The molecule has 1 aliphatic rings. The van der Waals surface area contributed by atoms with Crippen LogP contribution in [0.3, 0.4) is 0 Å². The number of rotatable bonds is 7. The third-order valence-corrected chi connectivity index (χ3v) is 3.95. The maximum absolute atomic E-state index is 12.0. The molecule has 23 heavy (non-hydrogen) atoms. The average Bonchev–Trinajstić information content (AvgIpc) is 2.56. The summed E-state index contributed by atoms with van der Waals surface area (Å²) < 4.78 is 5.57. The summed E-state index contributed by atoms with van der Waals surface area (Å²) in [7, 11) is 0. The highest BCUT2D eigenvalue weighted by atomic mass is 16.5. The van der Waals surface area contributed by atoms with E-state index in [2.05, 4.69) is 11.4 Å². The molecule has 2 rings (SSSR count). The Labute approximate surface area is 136 Å². The summed E-state index contributed by atoms with van der Waals surface area (Å²) in [4.78, 5) is 23.0. The van der Waals surface area contributed by atoms with Crippen molar-refractivity contribution in [3.8, 4) is 5.75 Å². The van der Waals surface area contributed by atoms with Gasteiger partial charge in [0, 0.05) is 12.1 Å². The van der Waals surface area contributed by atoms with Crippen molar-refractivity contribution in [2.24, 2.45) is 5.73 Å². The number of primary amides is 1. The van der Waals surface area contributed by atoms with Crippen LogP contribution in [0.4, 0.5) is 0 Å². The highest BCUT2D eigenvalue weighted by Gasteiger charge is 2.14. The van der Waals surface area contributed by atoms with Crippen molar-refractivity contribution in [2.75, 3.05) is 6.54 Å². The molecule has 0 saturated carbocycles. The Bertz CT molecular complexity index is 578. The molecule has 1 atom stereocenters. The molecule has 1 aliphatic carbocycles. The molecular formula is C18H24N2O3. The second-order valence-corrected chi connectivity index (χ2v) is 5.80. The Morgan fingerprint density at radius 2 is 2.00 bits per heavy atom. The monoisotopic (exact) mass is 316 g/mol. The van der Waals surface area contributed by atoms with Gasteiger partial charge in [-0.25, -0.2) is 0 Å². The lowest BCUT2D eigenvalue weighted by Gasteiger charge is -2.16. The Kier molecular flexibility index (Phi) is 6.20. The first-order valence-corrected chi connectivity index (χ1v) is 8.08. The standard InChI is InChI=1S/C18H24N2O3/c1-13(23-16-9-7-15(8-10-16)17(19)21)18(22)20-12-11-14-5-3-2-4-6-14/h5,7-10,13H,2-4,6,11-12H2,1H3,(H2,19,21)(H,20,22)/t13-/m1/s1. The van der Waals surface area contributed by atoms with Crippen LogP contribution in [0.5, 0.6) is 5.75 Å². The van der Waals surface area contributed by atoms with Crippen LogP contribution < -0.4 is 15.8 Å². The molecule has 0 unspecified atom stereocenters. The lowest BCUT2D eigenvalue weighted by Crippen LogP contribution is -2.37. The predicted molar refractivity (Wildman–Crippen MR) is 89.2 cm³/mol. The van der Waals surface area contributed by atoms with Crippen LogP contribution in [-0.4, -0.2) is 24.5 Å². The molecule has 2 amide bonds. The lowest BCUT2D eigenvalue weighted by atomic mass is 9.97. The van der Waals surface area contributed by atoms with Crippen LogP contribution in [0.2, 0.25) is 0 Å². The number of allylic oxidation sites excluding steroid dienone is 1. The van der Waals surface area contributed by atoms with Crippen LogP contribution in [0.25, 0.3) is 0 Å². The number of carbonyl (C=O) groups is 2. The SMILES string of the molecule is C[C@@H](Oc1ccc(C(N)=O)cc1)C(=O)NCCC1=CCCCC1. The molecule has 5 nitrogen and oxygen atoms in total. The van der Waals surface area contributed by atoms with Crippen molar-refractivity contribution in [1.29, 1.82) is 0 Å². The Balaban J connectivity index is 1.75. The van der Waals surface area contributed by atoms with Crippen molar-refractivity contribution < 1.29 is 14.3 Å². The fourth-order valence-corrected chi connectivity index (χ4v) is 2.58. The molecular weight excluding hydrogens is 292 g/mol. The summed E-state index contributed by atoms with van der Waals surface area (Å²) in [6.07, 6.45) is 7.44. The first kappa shape index (κ1) is 17.1. The van der Waals surface area contributed by atoms with Gasteiger partial charge in [0.1, 0.15) is 5.75 Å². The minimum atomic E-state index is -0.588. The van der Waals surface area contributed by atoms with E-state index in [-0.39, 0.29) is 5.91 Å². The number of benzene rings is 1. The van der Waals surface area contributed by atoms with Gasteiger partial charge in [-0.05, 0) is 63.3 Å². The van der Waals surface area contributed by atoms with Gasteiger partial charge in [0.05, 0.1) is 0 Å². The molecule has 0 aromatic heterocycles. The fourth-order valence-electron chi connectivity index (χ4n) is 2.58. The maximum atomic E-state index is 12.0. The van der Waals surface area contributed by atoms with Gasteiger partial charge in [0.15, 0.2) is 6.10 Å². The summed E-state index contributed by atoms with van der Waals surface area (Å²) >= 11 is 0. The van der Waals surface area contributed by atoms with Gasteiger partial charge in [0.2, 0.25) is 5.91 Å². The largest absolute Gasteiger partial charge is 0.481 e. The minimum Gasteiger partial charge on any atom is -0.481 e. The molecule has 5 heteroatoms. The molecule has 0 heterocycles. The predicted octanol–water partition coefficient (Wildman–Crippen LogP) is 2.56. The van der Waals surface area contributed by atoms with E-state index in [4.69, 9.17) is 10.5 Å². The van der Waals surface area contributed by atoms with Crippen LogP contribution in [0, 0.1) is 0 Å². The zero-order chi connectivity index (χ0) is 16.7. The summed E-state index contributed by atoms with van der Waals surface area (Å²) in [5, 5.41) is 2.90. The van der Waals surface area contributed by atoms with Gasteiger partial charge in [0.25, 0.3) is 5.91 Å². The Morgan fingerprint density at radius 3 is 2.61 bits per heavy atom. The van der Waals surface area contributed by atoms with E-state index in [1.165, 1.54) is 18.4 Å². The lowest BCUT2D eigenvalue weighted by molar-refractivity contribution is -0.127. The quantitative estimate of drug-likeness (QED) is 0.759. The van der Waals surface area contributed by atoms with Crippen LogP contribution >= 0.6 is 0 Å². The molecule has 0 spiro atoms. The van der Waals surface area contributed by atoms with Crippen LogP contribution in [0.1, 0.15) is 49.4 Å². The van der Waals surface area contributed by atoms with E-state index in [0.717, 1.165) is 19.3 Å². The van der Waals surface area contributed by atoms with E-state index in [0.29, 0.717) is 17.9 Å². The van der Waals surface area contributed by atoms with E-state index < -0.39 is 12.0 Å². The number of nitrogens with two attached hydrogens (primary N) is 1. The Morgan fingerprint density at radius 1 is 1.26 bits per heavy atom. The van der Waals surface area contributed by atoms with Crippen LogP contribution in [0.15, 0.2) is 35.9 Å². The normalized spacial score (nSPS) is 15.4. The van der Waals surface area contributed by atoms with Crippen molar-refractivity contribution in [1.82, 2.24) is 5.32 Å². The second kappa shape index (κ2) is 8.36. The fraction of sp³-hybridized carbons (Fsp3) is 0.444.